The van der Waals surface area contributed by atoms with Gasteiger partial charge in [-0.2, -0.15) is 0 Å². The van der Waals surface area contributed by atoms with Gasteiger partial charge in [0.1, 0.15) is 5.75 Å². The fourth-order valence-electron chi connectivity index (χ4n) is 3.30. The molecule has 6 nitrogen and oxygen atoms in total. The lowest BCUT2D eigenvalue weighted by molar-refractivity contribution is -0.118. The summed E-state index contributed by atoms with van der Waals surface area (Å²) < 4.78 is 32.2. The third-order valence-corrected chi connectivity index (χ3v) is 7.02. The molecule has 29 heavy (non-hydrogen) atoms. The molecule has 0 unspecified atom stereocenters. The summed E-state index contributed by atoms with van der Waals surface area (Å²) in [6.45, 7) is 0.315. The first kappa shape index (κ1) is 19.7. The van der Waals surface area contributed by atoms with Gasteiger partial charge >= 0.3 is 0 Å². The highest BCUT2D eigenvalue weighted by Gasteiger charge is 2.28. The van der Waals surface area contributed by atoms with E-state index in [1.165, 1.54) is 4.31 Å². The van der Waals surface area contributed by atoms with Crippen molar-refractivity contribution >= 4 is 54.0 Å². The van der Waals surface area contributed by atoms with E-state index >= 15 is 0 Å². The van der Waals surface area contributed by atoms with Gasteiger partial charge in [-0.05, 0) is 59.7 Å². The van der Waals surface area contributed by atoms with Crippen molar-refractivity contribution in [2.24, 2.45) is 0 Å². The Morgan fingerprint density at radius 3 is 2.66 bits per heavy atom. The average molecular weight is 475 g/mol. The highest BCUT2D eigenvalue weighted by Crippen LogP contribution is 2.27. The van der Waals surface area contributed by atoms with Crippen molar-refractivity contribution in [2.75, 3.05) is 28.5 Å². The lowest BCUT2D eigenvalue weighted by atomic mass is 10.1. The molecule has 0 radical (unpaired) electrons. The zero-order chi connectivity index (χ0) is 20.4. The van der Waals surface area contributed by atoms with E-state index in [1.807, 2.05) is 36.4 Å². The average Bonchev–Trinajstić information content (AvgIpc) is 3.05. The second-order valence-electron chi connectivity index (χ2n) is 6.78. The van der Waals surface area contributed by atoms with E-state index in [4.69, 9.17) is 4.74 Å². The Morgan fingerprint density at radius 2 is 1.86 bits per heavy atom. The molecule has 3 aromatic rings. The molecule has 1 saturated heterocycles. The maximum absolute atomic E-state index is 12.3. The van der Waals surface area contributed by atoms with Crippen molar-refractivity contribution in [3.8, 4) is 5.75 Å². The number of hydrogen-bond donors (Lipinski definition) is 1. The molecule has 0 saturated carbocycles. The standard InChI is InChI=1S/C21H19BrN2O4S/c22-17-7-5-16-12-20(8-6-15(16)11-17)28-14-21(25)23-18-3-1-4-19(13-18)24-9-2-10-29(24,26)27/h1,3-8,11-13H,2,9-10,14H2,(H,23,25). The van der Waals surface area contributed by atoms with Gasteiger partial charge in [-0.1, -0.05) is 34.1 Å². The predicted molar refractivity (Wildman–Crippen MR) is 118 cm³/mol. The second kappa shape index (κ2) is 8.04. The molecule has 0 aliphatic carbocycles. The molecule has 0 bridgehead atoms. The van der Waals surface area contributed by atoms with Gasteiger partial charge in [0.2, 0.25) is 10.0 Å². The summed E-state index contributed by atoms with van der Waals surface area (Å²) in [5.41, 5.74) is 1.09. The van der Waals surface area contributed by atoms with Crippen LogP contribution in [0.5, 0.6) is 5.75 Å². The van der Waals surface area contributed by atoms with Gasteiger partial charge in [0.05, 0.1) is 11.4 Å². The number of sulfonamides is 1. The van der Waals surface area contributed by atoms with Gasteiger partial charge in [-0.3, -0.25) is 9.10 Å². The number of halogens is 1. The normalized spacial score (nSPS) is 15.4. The Hall–Kier alpha value is -2.58. The summed E-state index contributed by atoms with van der Waals surface area (Å²) >= 11 is 3.44. The number of fused-ring (bicyclic) bond motifs is 1. The van der Waals surface area contributed by atoms with E-state index in [2.05, 4.69) is 21.2 Å². The van der Waals surface area contributed by atoms with Crippen LogP contribution in [0.15, 0.2) is 65.1 Å². The lowest BCUT2D eigenvalue weighted by Crippen LogP contribution is -2.25. The first-order valence-corrected chi connectivity index (χ1v) is 11.5. The number of carbonyl (C=O) groups excluding carboxylic acids is 1. The minimum absolute atomic E-state index is 0.145. The minimum atomic E-state index is -3.26. The van der Waals surface area contributed by atoms with Crippen molar-refractivity contribution < 1.29 is 17.9 Å². The summed E-state index contributed by atoms with van der Waals surface area (Å²) in [4.78, 5) is 12.3. The fourth-order valence-corrected chi connectivity index (χ4v) is 5.23. The number of rotatable bonds is 5. The van der Waals surface area contributed by atoms with E-state index in [0.29, 0.717) is 30.1 Å². The predicted octanol–water partition coefficient (Wildman–Crippen LogP) is 4.16. The lowest BCUT2D eigenvalue weighted by Gasteiger charge is -2.17. The Bertz CT molecular complexity index is 1180. The highest BCUT2D eigenvalue weighted by atomic mass is 79.9. The van der Waals surface area contributed by atoms with Gasteiger partial charge in [-0.25, -0.2) is 8.42 Å². The Kier molecular flexibility index (Phi) is 5.47. The molecule has 8 heteroatoms. The first-order valence-electron chi connectivity index (χ1n) is 9.13. The number of amides is 1. The molecule has 1 aliphatic heterocycles. The van der Waals surface area contributed by atoms with Crippen LogP contribution in [0.25, 0.3) is 10.8 Å². The molecular weight excluding hydrogens is 456 g/mol. The number of ether oxygens (including phenoxy) is 1. The fraction of sp³-hybridized carbons (Fsp3) is 0.190. The second-order valence-corrected chi connectivity index (χ2v) is 9.71. The van der Waals surface area contributed by atoms with E-state index in [9.17, 15) is 13.2 Å². The van der Waals surface area contributed by atoms with E-state index in [0.717, 1.165) is 15.2 Å². The smallest absolute Gasteiger partial charge is 0.262 e. The van der Waals surface area contributed by atoms with Crippen molar-refractivity contribution in [2.45, 2.75) is 6.42 Å². The Labute approximate surface area is 177 Å². The van der Waals surface area contributed by atoms with Crippen molar-refractivity contribution in [3.05, 3.63) is 65.1 Å². The molecule has 0 aromatic heterocycles. The summed E-state index contributed by atoms with van der Waals surface area (Å²) in [5, 5.41) is 4.85. The summed E-state index contributed by atoms with van der Waals surface area (Å²) in [6, 6.07) is 18.4. The molecule has 0 atom stereocenters. The van der Waals surface area contributed by atoms with Crippen LogP contribution >= 0.6 is 15.9 Å². The van der Waals surface area contributed by atoms with Gasteiger partial charge in [0.25, 0.3) is 5.91 Å². The molecule has 150 valence electrons. The quantitative estimate of drug-likeness (QED) is 0.602. The van der Waals surface area contributed by atoms with Gasteiger partial charge in [0, 0.05) is 16.7 Å². The molecular formula is C21H19BrN2O4S. The molecule has 3 aromatic carbocycles. The topological polar surface area (TPSA) is 75.7 Å². The zero-order valence-corrected chi connectivity index (χ0v) is 17.9. The van der Waals surface area contributed by atoms with Crippen LogP contribution in [0.3, 0.4) is 0 Å². The molecule has 4 rings (SSSR count). The summed E-state index contributed by atoms with van der Waals surface area (Å²) in [7, 11) is -3.26. The van der Waals surface area contributed by atoms with Crippen LogP contribution in [0.4, 0.5) is 11.4 Å². The third kappa shape index (κ3) is 4.54. The van der Waals surface area contributed by atoms with Gasteiger partial charge in [-0.15, -0.1) is 0 Å². The maximum Gasteiger partial charge on any atom is 0.262 e. The van der Waals surface area contributed by atoms with E-state index in [-0.39, 0.29) is 18.3 Å². The zero-order valence-electron chi connectivity index (χ0n) is 15.5. The maximum atomic E-state index is 12.3. The molecule has 1 N–H and O–H groups in total. The SMILES string of the molecule is O=C(COc1ccc2cc(Br)ccc2c1)Nc1cccc(N2CCCS2(=O)=O)c1. The minimum Gasteiger partial charge on any atom is -0.484 e. The number of nitrogens with one attached hydrogen (secondary N) is 1. The number of nitrogens with zero attached hydrogens (tertiary/aromatic N) is 1. The van der Waals surface area contributed by atoms with Crippen LogP contribution in [-0.4, -0.2) is 33.2 Å². The molecule has 1 aliphatic rings. The molecule has 1 heterocycles. The molecule has 1 amide bonds. The first-order chi connectivity index (χ1) is 13.9. The van der Waals surface area contributed by atoms with Crippen LogP contribution < -0.4 is 14.4 Å². The monoisotopic (exact) mass is 474 g/mol. The molecule has 0 spiro atoms. The summed E-state index contributed by atoms with van der Waals surface area (Å²) in [5.74, 6) is 0.439. The van der Waals surface area contributed by atoms with Gasteiger partial charge < -0.3 is 10.1 Å². The number of benzene rings is 3. The van der Waals surface area contributed by atoms with Crippen molar-refractivity contribution in [1.29, 1.82) is 0 Å². The largest absolute Gasteiger partial charge is 0.484 e. The third-order valence-electron chi connectivity index (χ3n) is 4.66. The Balaban J connectivity index is 1.40. The summed E-state index contributed by atoms with van der Waals surface area (Å²) in [6.07, 6.45) is 0.607. The van der Waals surface area contributed by atoms with Crippen molar-refractivity contribution in [1.82, 2.24) is 0 Å². The van der Waals surface area contributed by atoms with Crippen LogP contribution in [0, 0.1) is 0 Å². The van der Waals surface area contributed by atoms with Crippen molar-refractivity contribution in [3.63, 3.8) is 0 Å². The number of anilines is 2. The van der Waals surface area contributed by atoms with Gasteiger partial charge in [0.15, 0.2) is 6.61 Å². The van der Waals surface area contributed by atoms with Crippen LogP contribution in [0.2, 0.25) is 0 Å². The number of carbonyl (C=O) groups is 1. The number of hydrogen-bond acceptors (Lipinski definition) is 4. The highest BCUT2D eigenvalue weighted by molar-refractivity contribution is 9.10. The van der Waals surface area contributed by atoms with Crippen LogP contribution in [0.1, 0.15) is 6.42 Å². The van der Waals surface area contributed by atoms with Crippen LogP contribution in [-0.2, 0) is 14.8 Å². The Morgan fingerprint density at radius 1 is 1.07 bits per heavy atom. The van der Waals surface area contributed by atoms with E-state index < -0.39 is 10.0 Å². The molecule has 1 fully saturated rings. The van der Waals surface area contributed by atoms with E-state index in [1.54, 1.807) is 24.3 Å².